The van der Waals surface area contributed by atoms with Crippen LogP contribution in [-0.4, -0.2) is 41.6 Å². The van der Waals surface area contributed by atoms with Gasteiger partial charge in [-0.2, -0.15) is 0 Å². The predicted octanol–water partition coefficient (Wildman–Crippen LogP) is 7.48. The van der Waals surface area contributed by atoms with E-state index in [1.165, 1.54) is 16.2 Å². The summed E-state index contributed by atoms with van der Waals surface area (Å²) in [5, 5.41) is 12.5. The number of thiazole rings is 1. The van der Waals surface area contributed by atoms with E-state index in [1.807, 2.05) is 13.0 Å². The van der Waals surface area contributed by atoms with Crippen molar-refractivity contribution in [3.63, 3.8) is 0 Å². The number of anilines is 1. The standard InChI is InChI=1S/C33H31ClN2O6S/c1-4-5-6-13-41-25-12-7-19(16-26(25)40-3)29-28(30(37)20-8-11-24-21(15-20)14-18(2)42-24)31(38)32(39)36(29)33-35-23-10-9-22(34)17-27(23)43-33/h7-12,15-18,29,37H,4-6,13-14H2,1-3H3/t18-,29+/m1/s1. The maximum atomic E-state index is 13.7. The van der Waals surface area contributed by atoms with Gasteiger partial charge in [-0.05, 0) is 73.0 Å². The number of amides is 1. The van der Waals surface area contributed by atoms with Crippen LogP contribution in [0.4, 0.5) is 5.13 Å². The molecule has 2 aliphatic rings. The predicted molar refractivity (Wildman–Crippen MR) is 168 cm³/mol. The highest BCUT2D eigenvalue weighted by molar-refractivity contribution is 7.22. The monoisotopic (exact) mass is 618 g/mol. The highest BCUT2D eigenvalue weighted by Gasteiger charge is 2.48. The molecule has 0 unspecified atom stereocenters. The summed E-state index contributed by atoms with van der Waals surface area (Å²) < 4.78 is 18.2. The number of hydrogen-bond donors (Lipinski definition) is 1. The van der Waals surface area contributed by atoms with Gasteiger partial charge in [-0.1, -0.05) is 48.8 Å². The Hall–Kier alpha value is -4.08. The van der Waals surface area contributed by atoms with Crippen molar-refractivity contribution in [1.29, 1.82) is 0 Å². The molecule has 10 heteroatoms. The van der Waals surface area contributed by atoms with Gasteiger partial charge in [0.2, 0.25) is 0 Å². The van der Waals surface area contributed by atoms with Crippen molar-refractivity contribution in [3.05, 3.63) is 81.9 Å². The number of nitrogens with zero attached hydrogens (tertiary/aromatic N) is 2. The quantitative estimate of drug-likeness (QED) is 0.0899. The van der Waals surface area contributed by atoms with Crippen molar-refractivity contribution in [2.24, 2.45) is 0 Å². The molecule has 4 aromatic rings. The summed E-state index contributed by atoms with van der Waals surface area (Å²) in [6.07, 6.45) is 3.73. The topological polar surface area (TPSA) is 98.2 Å². The molecule has 2 atom stereocenters. The van der Waals surface area contributed by atoms with Crippen LogP contribution in [0.5, 0.6) is 17.2 Å². The van der Waals surface area contributed by atoms with E-state index in [0.29, 0.717) is 51.3 Å². The second kappa shape index (κ2) is 11.9. The van der Waals surface area contributed by atoms with Crippen LogP contribution in [0.2, 0.25) is 5.02 Å². The Bertz CT molecular complexity index is 1770. The van der Waals surface area contributed by atoms with E-state index >= 15 is 0 Å². The molecular weight excluding hydrogens is 588 g/mol. The zero-order valence-corrected chi connectivity index (χ0v) is 25.6. The molecule has 43 heavy (non-hydrogen) atoms. The van der Waals surface area contributed by atoms with E-state index in [2.05, 4.69) is 11.9 Å². The molecule has 1 amide bonds. The van der Waals surface area contributed by atoms with Crippen LogP contribution < -0.4 is 19.1 Å². The number of carbonyl (C=O) groups excluding carboxylic acids is 2. The second-order valence-corrected chi connectivity index (χ2v) is 12.1. The summed E-state index contributed by atoms with van der Waals surface area (Å²) >= 11 is 7.47. The first kappa shape index (κ1) is 29.0. The number of rotatable bonds is 9. The number of benzene rings is 3. The summed E-state index contributed by atoms with van der Waals surface area (Å²) in [5.41, 5.74) is 2.53. The molecule has 3 heterocycles. The Balaban J connectivity index is 1.48. The highest BCUT2D eigenvalue weighted by Crippen LogP contribution is 2.46. The minimum absolute atomic E-state index is 0.0145. The molecule has 1 N–H and O–H groups in total. The van der Waals surface area contributed by atoms with Gasteiger partial charge in [-0.15, -0.1) is 0 Å². The third kappa shape index (κ3) is 5.43. The van der Waals surface area contributed by atoms with Crippen molar-refractivity contribution < 1.29 is 28.9 Å². The number of halogens is 1. The first-order valence-electron chi connectivity index (χ1n) is 14.3. The van der Waals surface area contributed by atoms with Crippen molar-refractivity contribution in [2.75, 3.05) is 18.6 Å². The minimum atomic E-state index is -0.970. The van der Waals surface area contributed by atoms with Gasteiger partial charge in [-0.25, -0.2) is 4.98 Å². The van der Waals surface area contributed by atoms with Crippen LogP contribution in [0.3, 0.4) is 0 Å². The number of fused-ring (bicyclic) bond motifs is 2. The Kier molecular flexibility index (Phi) is 8.03. The zero-order chi connectivity index (χ0) is 30.2. The van der Waals surface area contributed by atoms with Crippen molar-refractivity contribution >= 4 is 55.7 Å². The number of carbonyl (C=O) groups is 2. The maximum absolute atomic E-state index is 13.7. The van der Waals surface area contributed by atoms with Crippen LogP contribution in [-0.2, 0) is 16.0 Å². The number of unbranched alkanes of at least 4 members (excludes halogenated alkanes) is 2. The average Bonchev–Trinajstić information content (AvgIpc) is 3.66. The number of aliphatic hydroxyl groups excluding tert-OH is 1. The fraction of sp³-hybridized carbons (Fsp3) is 0.303. The lowest BCUT2D eigenvalue weighted by molar-refractivity contribution is -0.132. The second-order valence-electron chi connectivity index (χ2n) is 10.7. The number of aromatic nitrogens is 1. The smallest absolute Gasteiger partial charge is 0.301 e. The van der Waals surface area contributed by atoms with Crippen LogP contribution >= 0.6 is 22.9 Å². The van der Waals surface area contributed by atoms with Crippen LogP contribution in [0, 0.1) is 0 Å². The fourth-order valence-corrected chi connectivity index (χ4v) is 6.84. The summed E-state index contributed by atoms with van der Waals surface area (Å²) in [4.78, 5) is 33.5. The van der Waals surface area contributed by atoms with Gasteiger partial charge in [0.05, 0.1) is 35.5 Å². The third-order valence-electron chi connectivity index (χ3n) is 7.67. The lowest BCUT2D eigenvalue weighted by Crippen LogP contribution is -2.29. The molecule has 2 aliphatic heterocycles. The van der Waals surface area contributed by atoms with E-state index in [4.69, 9.17) is 25.8 Å². The molecule has 1 saturated heterocycles. The maximum Gasteiger partial charge on any atom is 0.301 e. The Morgan fingerprint density at radius 1 is 1.12 bits per heavy atom. The van der Waals surface area contributed by atoms with Gasteiger partial charge in [0, 0.05) is 17.0 Å². The van der Waals surface area contributed by atoms with Gasteiger partial charge < -0.3 is 19.3 Å². The van der Waals surface area contributed by atoms with Crippen molar-refractivity contribution in [1.82, 2.24) is 4.98 Å². The Morgan fingerprint density at radius 3 is 2.74 bits per heavy atom. The molecule has 0 aliphatic carbocycles. The lowest BCUT2D eigenvalue weighted by Gasteiger charge is -2.24. The fourth-order valence-electron chi connectivity index (χ4n) is 5.57. The van der Waals surface area contributed by atoms with Crippen molar-refractivity contribution in [2.45, 2.75) is 51.7 Å². The SMILES string of the molecule is CCCCCOc1ccc([C@H]2C(=C(O)c3ccc4c(c3)C[C@@H](C)O4)C(=O)C(=O)N2c2nc3ccc(Cl)cc3s2)cc1OC. The Labute approximate surface area is 258 Å². The number of ether oxygens (including phenoxy) is 3. The molecule has 0 saturated carbocycles. The first-order chi connectivity index (χ1) is 20.8. The molecule has 8 nitrogen and oxygen atoms in total. The number of Topliss-reactive ketones (excluding diaryl/α,β-unsaturated/α-hetero) is 1. The van der Waals surface area contributed by atoms with Gasteiger partial charge in [-0.3, -0.25) is 14.5 Å². The lowest BCUT2D eigenvalue weighted by atomic mass is 9.94. The number of hydrogen-bond acceptors (Lipinski definition) is 8. The van der Waals surface area contributed by atoms with E-state index in [9.17, 15) is 14.7 Å². The molecule has 0 radical (unpaired) electrons. The van der Waals surface area contributed by atoms with Crippen LogP contribution in [0.25, 0.3) is 16.0 Å². The summed E-state index contributed by atoms with van der Waals surface area (Å²) in [5.74, 6) is -0.0943. The van der Waals surface area contributed by atoms with Gasteiger partial charge in [0.1, 0.15) is 17.6 Å². The van der Waals surface area contributed by atoms with Crippen LogP contribution in [0.15, 0.2) is 60.2 Å². The molecule has 0 bridgehead atoms. The van der Waals surface area contributed by atoms with Crippen molar-refractivity contribution in [3.8, 4) is 17.2 Å². The highest BCUT2D eigenvalue weighted by atomic mass is 35.5. The van der Waals surface area contributed by atoms with E-state index < -0.39 is 17.7 Å². The minimum Gasteiger partial charge on any atom is -0.507 e. The normalized spacial score (nSPS) is 19.1. The molecule has 6 rings (SSSR count). The van der Waals surface area contributed by atoms with Crippen LogP contribution in [0.1, 0.15) is 55.8 Å². The molecule has 1 fully saturated rings. The molecule has 1 aromatic heterocycles. The summed E-state index contributed by atoms with van der Waals surface area (Å²) in [6.45, 7) is 4.64. The van der Waals surface area contributed by atoms with E-state index in [1.54, 1.807) is 55.6 Å². The largest absolute Gasteiger partial charge is 0.507 e. The van der Waals surface area contributed by atoms with Gasteiger partial charge >= 0.3 is 5.91 Å². The number of methoxy groups -OCH3 is 1. The van der Waals surface area contributed by atoms with E-state index in [-0.39, 0.29) is 17.4 Å². The first-order valence-corrected chi connectivity index (χ1v) is 15.5. The molecule has 222 valence electrons. The number of aliphatic hydroxyl groups is 1. The van der Waals surface area contributed by atoms with E-state index in [0.717, 1.165) is 35.3 Å². The van der Waals surface area contributed by atoms with Gasteiger partial charge in [0.25, 0.3) is 5.78 Å². The Morgan fingerprint density at radius 2 is 1.95 bits per heavy atom. The number of ketones is 1. The molecule has 3 aromatic carbocycles. The molecule has 0 spiro atoms. The average molecular weight is 619 g/mol. The zero-order valence-electron chi connectivity index (χ0n) is 24.1. The summed E-state index contributed by atoms with van der Waals surface area (Å²) in [6, 6.07) is 14.9. The molecular formula is C33H31ClN2O6S. The van der Waals surface area contributed by atoms with Gasteiger partial charge in [0.15, 0.2) is 16.6 Å². The summed E-state index contributed by atoms with van der Waals surface area (Å²) in [7, 11) is 1.54. The third-order valence-corrected chi connectivity index (χ3v) is 8.92.